The molecule has 3 aromatic heterocycles. The van der Waals surface area contributed by atoms with Gasteiger partial charge in [-0.25, -0.2) is 15.0 Å². The number of nitrogens with zero attached hydrogens (tertiary/aromatic N) is 3. The summed E-state index contributed by atoms with van der Waals surface area (Å²) in [4.78, 5) is 15.3. The summed E-state index contributed by atoms with van der Waals surface area (Å²) in [5, 5.41) is 9.61. The van der Waals surface area contributed by atoms with Gasteiger partial charge in [0.05, 0.1) is 0 Å². The van der Waals surface area contributed by atoms with E-state index in [0.29, 0.717) is 17.5 Å². The minimum absolute atomic E-state index is 0.622. The zero-order valence-electron chi connectivity index (χ0n) is 31.1. The highest BCUT2D eigenvalue weighted by Crippen LogP contribution is 2.41. The third kappa shape index (κ3) is 5.40. The Balaban J connectivity index is 0.993. The molecule has 3 heterocycles. The summed E-state index contributed by atoms with van der Waals surface area (Å²) in [6, 6.07) is 66.4. The molecule has 12 rings (SSSR count). The van der Waals surface area contributed by atoms with Gasteiger partial charge in [-0.1, -0.05) is 133 Å². The van der Waals surface area contributed by atoms with Crippen molar-refractivity contribution in [2.45, 2.75) is 0 Å². The number of furan rings is 1. The molecule has 0 amide bonds. The van der Waals surface area contributed by atoms with Crippen LogP contribution in [0.15, 0.2) is 192 Å². The summed E-state index contributed by atoms with van der Waals surface area (Å²) >= 11 is 1.81. The highest BCUT2D eigenvalue weighted by atomic mass is 32.1. The van der Waals surface area contributed by atoms with Crippen LogP contribution in [-0.2, 0) is 0 Å². The summed E-state index contributed by atoms with van der Waals surface area (Å²) in [5.41, 5.74) is 8.99. The minimum Gasteiger partial charge on any atom is -0.456 e. The number of benzene rings is 9. The Hall–Kier alpha value is -7.47. The Kier molecular flexibility index (Phi) is 7.37. The summed E-state index contributed by atoms with van der Waals surface area (Å²) < 4.78 is 9.01. The predicted octanol–water partition coefficient (Wildman–Crippen LogP) is 14.8. The zero-order valence-corrected chi connectivity index (χ0v) is 31.9. The molecule has 4 nitrogen and oxygen atoms in total. The maximum absolute atomic E-state index is 6.50. The molecule has 0 radical (unpaired) electrons. The second-order valence-corrected chi connectivity index (χ2v) is 15.9. The van der Waals surface area contributed by atoms with Crippen LogP contribution in [0.1, 0.15) is 0 Å². The van der Waals surface area contributed by atoms with Crippen LogP contribution in [0.3, 0.4) is 0 Å². The topological polar surface area (TPSA) is 51.8 Å². The number of thiophene rings is 1. The molecule has 0 spiro atoms. The number of rotatable bonds is 5. The van der Waals surface area contributed by atoms with Gasteiger partial charge in [-0.15, -0.1) is 11.3 Å². The molecule has 9 aromatic carbocycles. The quantitative estimate of drug-likeness (QED) is 0.164. The first-order valence-corrected chi connectivity index (χ1v) is 20.2. The first kappa shape index (κ1) is 32.7. The van der Waals surface area contributed by atoms with Gasteiger partial charge in [0.25, 0.3) is 0 Å². The maximum atomic E-state index is 6.50. The fourth-order valence-corrected chi connectivity index (χ4v) is 9.56. The van der Waals surface area contributed by atoms with Crippen molar-refractivity contribution < 1.29 is 4.42 Å². The van der Waals surface area contributed by atoms with Gasteiger partial charge >= 0.3 is 0 Å². The van der Waals surface area contributed by atoms with Crippen LogP contribution < -0.4 is 0 Å². The van der Waals surface area contributed by atoms with Crippen molar-refractivity contribution in [3.63, 3.8) is 0 Å². The Bertz CT molecular complexity index is 3590. The number of fused-ring (bicyclic) bond motifs is 9. The lowest BCUT2D eigenvalue weighted by molar-refractivity contribution is 0.669. The first-order chi connectivity index (χ1) is 28.7. The molecular formula is C53H31N3OS. The van der Waals surface area contributed by atoms with Crippen LogP contribution in [0.5, 0.6) is 0 Å². The highest BCUT2D eigenvalue weighted by molar-refractivity contribution is 7.25. The standard InChI is InChI=1S/C53H31N3OS/c1-2-11-34(12-3-1)51-54-52(56-53(55-51)39-25-27-49-44(31-39)42-16-6-7-19-48(42)58-49)38-14-8-13-37(28-38)41-17-9-18-47-50(41)45-30-36(24-26-46(45)57-47)35-23-22-33-21-20-32-10-4-5-15-40(32)43(33)29-35/h1-31H. The Morgan fingerprint density at radius 2 is 0.914 bits per heavy atom. The second kappa shape index (κ2) is 13.1. The molecule has 270 valence electrons. The van der Waals surface area contributed by atoms with Gasteiger partial charge in [0.15, 0.2) is 17.5 Å². The fourth-order valence-electron chi connectivity index (χ4n) is 8.47. The van der Waals surface area contributed by atoms with E-state index in [1.165, 1.54) is 47.3 Å². The van der Waals surface area contributed by atoms with Crippen molar-refractivity contribution in [3.8, 4) is 56.4 Å². The van der Waals surface area contributed by atoms with E-state index in [-0.39, 0.29) is 0 Å². The molecule has 0 aliphatic heterocycles. The van der Waals surface area contributed by atoms with Crippen LogP contribution in [0.2, 0.25) is 0 Å². The molecule has 58 heavy (non-hydrogen) atoms. The van der Waals surface area contributed by atoms with Crippen LogP contribution in [-0.4, -0.2) is 15.0 Å². The Labute approximate surface area is 337 Å². The van der Waals surface area contributed by atoms with E-state index in [2.05, 4.69) is 158 Å². The van der Waals surface area contributed by atoms with Crippen molar-refractivity contribution in [1.82, 2.24) is 15.0 Å². The van der Waals surface area contributed by atoms with Crippen molar-refractivity contribution >= 4 is 75.0 Å². The Morgan fingerprint density at radius 3 is 1.78 bits per heavy atom. The molecule has 0 aliphatic carbocycles. The predicted molar refractivity (Wildman–Crippen MR) is 242 cm³/mol. The number of hydrogen-bond acceptors (Lipinski definition) is 5. The lowest BCUT2D eigenvalue weighted by atomic mass is 9.95. The van der Waals surface area contributed by atoms with Gasteiger partial charge in [0.2, 0.25) is 0 Å². The third-order valence-corrected chi connectivity index (χ3v) is 12.5. The molecule has 5 heteroatoms. The van der Waals surface area contributed by atoms with Crippen LogP contribution in [0, 0.1) is 0 Å². The summed E-state index contributed by atoms with van der Waals surface area (Å²) in [6.45, 7) is 0. The third-order valence-electron chi connectivity index (χ3n) is 11.3. The van der Waals surface area contributed by atoms with Crippen molar-refractivity contribution in [1.29, 1.82) is 0 Å². The van der Waals surface area contributed by atoms with E-state index in [1.807, 2.05) is 41.7 Å². The molecule has 0 aliphatic rings. The lowest BCUT2D eigenvalue weighted by Gasteiger charge is -2.10. The van der Waals surface area contributed by atoms with E-state index in [1.54, 1.807) is 0 Å². The molecule has 12 aromatic rings. The van der Waals surface area contributed by atoms with Crippen molar-refractivity contribution in [3.05, 3.63) is 188 Å². The molecule has 0 bridgehead atoms. The summed E-state index contributed by atoms with van der Waals surface area (Å²) in [7, 11) is 0. The van der Waals surface area contributed by atoms with Gasteiger partial charge in [-0.2, -0.15) is 0 Å². The van der Waals surface area contributed by atoms with Crippen LogP contribution in [0.4, 0.5) is 0 Å². The minimum atomic E-state index is 0.622. The second-order valence-electron chi connectivity index (χ2n) is 14.8. The smallest absolute Gasteiger partial charge is 0.164 e. The SMILES string of the molecule is c1ccc(-c2nc(-c3cccc(-c4cccc5oc6ccc(-c7ccc8ccc9ccccc9c8c7)cc6c45)c3)nc(-c3ccc4sc5ccccc5c4c3)n2)cc1. The molecular weight excluding hydrogens is 727 g/mol. The summed E-state index contributed by atoms with van der Waals surface area (Å²) in [6.07, 6.45) is 0. The maximum Gasteiger partial charge on any atom is 0.164 e. The van der Waals surface area contributed by atoms with Crippen molar-refractivity contribution in [2.24, 2.45) is 0 Å². The molecule has 0 unspecified atom stereocenters. The van der Waals surface area contributed by atoms with Gasteiger partial charge < -0.3 is 4.42 Å². The Morgan fingerprint density at radius 1 is 0.328 bits per heavy atom. The van der Waals surface area contributed by atoms with Crippen molar-refractivity contribution in [2.75, 3.05) is 0 Å². The lowest BCUT2D eigenvalue weighted by Crippen LogP contribution is -2.00. The molecule has 0 fully saturated rings. The van der Waals surface area contributed by atoms with Gasteiger partial charge in [0, 0.05) is 47.6 Å². The normalized spacial score (nSPS) is 11.8. The first-order valence-electron chi connectivity index (χ1n) is 19.4. The van der Waals surface area contributed by atoms with E-state index in [0.717, 1.165) is 55.3 Å². The summed E-state index contributed by atoms with van der Waals surface area (Å²) in [5.74, 6) is 1.90. The van der Waals surface area contributed by atoms with E-state index in [9.17, 15) is 0 Å². The monoisotopic (exact) mass is 757 g/mol. The van der Waals surface area contributed by atoms with E-state index < -0.39 is 0 Å². The van der Waals surface area contributed by atoms with Gasteiger partial charge in [-0.3, -0.25) is 0 Å². The average Bonchev–Trinajstić information content (AvgIpc) is 3.87. The van der Waals surface area contributed by atoms with Gasteiger partial charge in [0.1, 0.15) is 11.2 Å². The molecule has 0 saturated heterocycles. The fraction of sp³-hybridized carbons (Fsp3) is 0. The zero-order chi connectivity index (χ0) is 38.2. The van der Waals surface area contributed by atoms with Gasteiger partial charge in [-0.05, 0) is 98.4 Å². The number of aromatic nitrogens is 3. The average molecular weight is 758 g/mol. The molecule has 0 N–H and O–H groups in total. The molecule has 0 atom stereocenters. The highest BCUT2D eigenvalue weighted by Gasteiger charge is 2.17. The number of hydrogen-bond donors (Lipinski definition) is 0. The van der Waals surface area contributed by atoms with Crippen LogP contribution in [0.25, 0.3) is 120 Å². The largest absolute Gasteiger partial charge is 0.456 e. The van der Waals surface area contributed by atoms with Crippen LogP contribution >= 0.6 is 11.3 Å². The molecule has 0 saturated carbocycles. The van der Waals surface area contributed by atoms with E-state index in [4.69, 9.17) is 19.4 Å². The van der Waals surface area contributed by atoms with E-state index >= 15 is 0 Å².